The van der Waals surface area contributed by atoms with Gasteiger partial charge in [-0.1, -0.05) is 0 Å². The lowest BCUT2D eigenvalue weighted by molar-refractivity contribution is -0.390. The van der Waals surface area contributed by atoms with E-state index < -0.39 is 4.92 Å². The van der Waals surface area contributed by atoms with E-state index in [0.717, 1.165) is 25.9 Å². The number of nitrogens with zero attached hydrogens (tertiary/aromatic N) is 4. The molecule has 10 heteroatoms. The Bertz CT molecular complexity index is 779. The minimum atomic E-state index is -0.566. The van der Waals surface area contributed by atoms with Crippen molar-refractivity contribution in [3.63, 3.8) is 0 Å². The molecule has 0 bridgehead atoms. The van der Waals surface area contributed by atoms with Gasteiger partial charge in [-0.2, -0.15) is 4.68 Å². The Hall–Kier alpha value is -2.20. The first-order valence-electron chi connectivity index (χ1n) is 7.88. The van der Waals surface area contributed by atoms with Crippen LogP contribution in [0.2, 0.25) is 0 Å². The van der Waals surface area contributed by atoms with Gasteiger partial charge in [0.15, 0.2) is 5.76 Å². The smallest absolute Gasteiger partial charge is 0.404 e. The fourth-order valence-electron chi connectivity index (χ4n) is 2.75. The zero-order valence-electron chi connectivity index (χ0n) is 13.6. The Labute approximate surface area is 152 Å². The van der Waals surface area contributed by atoms with E-state index in [1.54, 1.807) is 12.1 Å². The van der Waals surface area contributed by atoms with E-state index in [2.05, 4.69) is 38.3 Å². The Balaban J connectivity index is 1.61. The van der Waals surface area contributed by atoms with Crippen molar-refractivity contribution in [1.29, 1.82) is 0 Å². The average molecular weight is 412 g/mol. The molecule has 0 spiro atoms. The average Bonchev–Trinajstić information content (AvgIpc) is 3.17. The van der Waals surface area contributed by atoms with Crippen molar-refractivity contribution in [3.8, 4) is 0 Å². The lowest BCUT2D eigenvalue weighted by Gasteiger charge is -2.29. The van der Waals surface area contributed by atoms with Gasteiger partial charge in [-0.25, -0.2) is 0 Å². The van der Waals surface area contributed by atoms with E-state index in [9.17, 15) is 14.9 Å². The summed E-state index contributed by atoms with van der Waals surface area (Å²) < 4.78 is 7.24. The van der Waals surface area contributed by atoms with Crippen LogP contribution in [0.3, 0.4) is 0 Å². The first-order valence-corrected chi connectivity index (χ1v) is 8.67. The maximum atomic E-state index is 12.3. The standard InChI is InChI=1S/C15H18BrN5O4/c1-19-6-4-10(5-7-19)17-15(22)13-3-2-11(25-13)8-20-9-12(16)14(18-20)21(23)24/h2-3,9-10H,4-8H2,1H3,(H,17,22). The summed E-state index contributed by atoms with van der Waals surface area (Å²) in [7, 11) is 2.06. The molecule has 0 aliphatic carbocycles. The second-order valence-electron chi connectivity index (χ2n) is 6.07. The molecule has 25 heavy (non-hydrogen) atoms. The number of amides is 1. The largest absolute Gasteiger partial charge is 0.454 e. The van der Waals surface area contributed by atoms with Crippen molar-refractivity contribution in [2.24, 2.45) is 0 Å². The van der Waals surface area contributed by atoms with Crippen LogP contribution in [0.4, 0.5) is 5.82 Å². The highest BCUT2D eigenvalue weighted by Crippen LogP contribution is 2.23. The summed E-state index contributed by atoms with van der Waals surface area (Å²) in [6.45, 7) is 2.12. The Kier molecular flexibility index (Phi) is 5.19. The van der Waals surface area contributed by atoms with Gasteiger partial charge >= 0.3 is 5.82 Å². The molecule has 1 saturated heterocycles. The number of rotatable bonds is 5. The molecule has 9 nitrogen and oxygen atoms in total. The zero-order chi connectivity index (χ0) is 18.0. The third-order valence-corrected chi connectivity index (χ3v) is 4.69. The molecule has 3 rings (SSSR count). The Morgan fingerprint density at radius 1 is 1.48 bits per heavy atom. The molecule has 2 aromatic rings. The molecule has 0 atom stereocenters. The number of piperidine rings is 1. The van der Waals surface area contributed by atoms with Crippen LogP contribution in [-0.2, 0) is 6.54 Å². The summed E-state index contributed by atoms with van der Waals surface area (Å²) in [6, 6.07) is 3.43. The van der Waals surface area contributed by atoms with E-state index >= 15 is 0 Å². The molecule has 1 N–H and O–H groups in total. The monoisotopic (exact) mass is 411 g/mol. The van der Waals surface area contributed by atoms with Crippen LogP contribution in [0, 0.1) is 10.1 Å². The number of furan rings is 1. The number of aromatic nitrogens is 2. The van der Waals surface area contributed by atoms with Gasteiger partial charge in [0.2, 0.25) is 0 Å². The summed E-state index contributed by atoms with van der Waals surface area (Å²) in [5, 5.41) is 17.7. The molecule has 1 aliphatic heterocycles. The number of nitrogens with one attached hydrogen (secondary N) is 1. The van der Waals surface area contributed by atoms with Crippen LogP contribution < -0.4 is 5.32 Å². The predicted molar refractivity (Wildman–Crippen MR) is 92.4 cm³/mol. The maximum absolute atomic E-state index is 12.3. The fraction of sp³-hybridized carbons (Fsp3) is 0.467. The summed E-state index contributed by atoms with van der Waals surface area (Å²) >= 11 is 3.10. The number of nitro groups is 1. The lowest BCUT2D eigenvalue weighted by atomic mass is 10.1. The van der Waals surface area contributed by atoms with Crippen molar-refractivity contribution < 1.29 is 14.1 Å². The minimum absolute atomic E-state index is 0.155. The molecule has 0 unspecified atom stereocenters. The minimum Gasteiger partial charge on any atom is -0.454 e. The highest BCUT2D eigenvalue weighted by Gasteiger charge is 2.22. The first-order chi connectivity index (χ1) is 11.9. The van der Waals surface area contributed by atoms with Crippen LogP contribution in [0.5, 0.6) is 0 Å². The van der Waals surface area contributed by atoms with Crippen molar-refractivity contribution in [2.75, 3.05) is 20.1 Å². The topological polar surface area (TPSA) is 106 Å². The second-order valence-corrected chi connectivity index (χ2v) is 6.93. The Morgan fingerprint density at radius 2 is 2.20 bits per heavy atom. The van der Waals surface area contributed by atoms with Crippen LogP contribution >= 0.6 is 15.9 Å². The summed E-state index contributed by atoms with van der Waals surface area (Å²) in [5.41, 5.74) is 0. The molecule has 0 radical (unpaired) electrons. The molecular formula is C15H18BrN5O4. The lowest BCUT2D eigenvalue weighted by Crippen LogP contribution is -2.43. The van der Waals surface area contributed by atoms with Gasteiger partial charge in [-0.05, 0) is 66.0 Å². The summed E-state index contributed by atoms with van der Waals surface area (Å²) in [5.74, 6) is 0.230. The molecule has 3 heterocycles. The van der Waals surface area contributed by atoms with Gasteiger partial charge < -0.3 is 24.7 Å². The van der Waals surface area contributed by atoms with Gasteiger partial charge in [0.25, 0.3) is 5.91 Å². The van der Waals surface area contributed by atoms with E-state index in [-0.39, 0.29) is 30.1 Å². The van der Waals surface area contributed by atoms with Gasteiger partial charge in [-0.3, -0.25) is 4.79 Å². The third kappa shape index (κ3) is 4.26. The maximum Gasteiger partial charge on any atom is 0.404 e. The Morgan fingerprint density at radius 3 is 2.84 bits per heavy atom. The molecule has 2 aromatic heterocycles. The van der Waals surface area contributed by atoms with E-state index in [4.69, 9.17) is 4.42 Å². The van der Waals surface area contributed by atoms with Crippen LogP contribution in [0.25, 0.3) is 0 Å². The number of hydrogen-bond acceptors (Lipinski definition) is 6. The van der Waals surface area contributed by atoms with Crippen molar-refractivity contribution in [3.05, 3.63) is 44.4 Å². The highest BCUT2D eigenvalue weighted by atomic mass is 79.9. The SMILES string of the molecule is CN1CCC(NC(=O)c2ccc(Cn3cc(Br)c([N+](=O)[O-])n3)o2)CC1. The number of hydrogen-bond donors (Lipinski definition) is 1. The summed E-state index contributed by atoms with van der Waals surface area (Å²) in [6.07, 6.45) is 3.33. The predicted octanol–water partition coefficient (Wildman–Crippen LogP) is 2.02. The molecule has 1 aliphatic rings. The number of carbonyl (C=O) groups is 1. The van der Waals surface area contributed by atoms with Crippen LogP contribution in [-0.4, -0.2) is 51.7 Å². The van der Waals surface area contributed by atoms with Crippen molar-refractivity contribution in [2.45, 2.75) is 25.4 Å². The molecule has 0 aromatic carbocycles. The normalized spacial score (nSPS) is 16.1. The fourth-order valence-corrected chi connectivity index (χ4v) is 3.21. The summed E-state index contributed by atoms with van der Waals surface area (Å²) in [4.78, 5) is 24.7. The highest BCUT2D eigenvalue weighted by molar-refractivity contribution is 9.10. The van der Waals surface area contributed by atoms with Crippen molar-refractivity contribution >= 4 is 27.7 Å². The van der Waals surface area contributed by atoms with E-state index in [0.29, 0.717) is 10.2 Å². The van der Waals surface area contributed by atoms with Gasteiger partial charge in [0.05, 0.1) is 11.3 Å². The number of likely N-dealkylation sites (tertiary alicyclic amines) is 1. The van der Waals surface area contributed by atoms with E-state index in [1.165, 1.54) is 10.9 Å². The quantitative estimate of drug-likeness (QED) is 0.595. The van der Waals surface area contributed by atoms with Crippen LogP contribution in [0.1, 0.15) is 29.2 Å². The molecule has 0 saturated carbocycles. The van der Waals surface area contributed by atoms with Crippen molar-refractivity contribution in [1.82, 2.24) is 20.0 Å². The van der Waals surface area contributed by atoms with Gasteiger partial charge in [-0.15, -0.1) is 0 Å². The van der Waals surface area contributed by atoms with Gasteiger partial charge in [0.1, 0.15) is 16.8 Å². The molecule has 1 fully saturated rings. The van der Waals surface area contributed by atoms with Crippen LogP contribution in [0.15, 0.2) is 27.2 Å². The number of carbonyl (C=O) groups excluding carboxylic acids is 1. The van der Waals surface area contributed by atoms with Gasteiger partial charge in [0, 0.05) is 6.04 Å². The zero-order valence-corrected chi connectivity index (χ0v) is 15.2. The molecule has 134 valence electrons. The number of halogens is 1. The molecule has 1 amide bonds. The second kappa shape index (κ2) is 7.36. The van der Waals surface area contributed by atoms with E-state index in [1.807, 2.05) is 0 Å². The third-order valence-electron chi connectivity index (χ3n) is 4.13. The first kappa shape index (κ1) is 17.6. The molecular weight excluding hydrogens is 394 g/mol.